The highest BCUT2D eigenvalue weighted by Gasteiger charge is 2.52. The number of aromatic nitrogens is 1. The number of nitrogens with one attached hydrogen (secondary N) is 1. The summed E-state index contributed by atoms with van der Waals surface area (Å²) in [5.41, 5.74) is 1.34. The first kappa shape index (κ1) is 25.0. The van der Waals surface area contributed by atoms with Crippen LogP contribution in [0.5, 0.6) is 11.5 Å². The van der Waals surface area contributed by atoms with Gasteiger partial charge in [-0.25, -0.2) is 4.98 Å². The molecule has 3 aliphatic rings. The average Bonchev–Trinajstić information content (AvgIpc) is 3.15. The van der Waals surface area contributed by atoms with Crippen molar-refractivity contribution in [3.63, 3.8) is 0 Å². The molecule has 36 heavy (non-hydrogen) atoms. The molecule has 0 radical (unpaired) electrons. The summed E-state index contributed by atoms with van der Waals surface area (Å²) < 4.78 is 10.9. The lowest BCUT2D eigenvalue weighted by atomic mass is 9.94. The molecule has 9 heteroatoms. The Kier molecular flexibility index (Phi) is 7.21. The van der Waals surface area contributed by atoms with E-state index in [1.54, 1.807) is 6.08 Å². The van der Waals surface area contributed by atoms with Crippen molar-refractivity contribution in [2.45, 2.75) is 43.6 Å². The van der Waals surface area contributed by atoms with Crippen molar-refractivity contribution >= 4 is 34.0 Å². The number of hydrogen-bond donors (Lipinski definition) is 2. The zero-order valence-electron chi connectivity index (χ0n) is 20.2. The minimum atomic E-state index is -0.567. The van der Waals surface area contributed by atoms with Gasteiger partial charge in [0.15, 0.2) is 16.6 Å². The number of allylic oxidation sites excluding steroid dienone is 4. The van der Waals surface area contributed by atoms with E-state index in [4.69, 9.17) is 21.1 Å². The van der Waals surface area contributed by atoms with E-state index in [0.717, 1.165) is 41.8 Å². The first-order valence-electron chi connectivity index (χ1n) is 12.1. The molecule has 190 valence electrons. The van der Waals surface area contributed by atoms with E-state index in [1.807, 2.05) is 43.5 Å². The second kappa shape index (κ2) is 10.4. The first-order valence-corrected chi connectivity index (χ1v) is 13.3. The van der Waals surface area contributed by atoms with E-state index in [2.05, 4.69) is 21.8 Å². The van der Waals surface area contributed by atoms with Crippen LogP contribution in [0, 0.1) is 0 Å². The smallest absolute Gasteiger partial charge is 0.236 e. The summed E-state index contributed by atoms with van der Waals surface area (Å²) in [7, 11) is 0. The lowest BCUT2D eigenvalue weighted by Crippen LogP contribution is -2.28. The Morgan fingerprint density at radius 1 is 1.42 bits per heavy atom. The monoisotopic (exact) mass is 527 g/mol. The number of aliphatic hydroxyl groups excluding tert-OH is 1. The van der Waals surface area contributed by atoms with Gasteiger partial charge in [-0.2, -0.15) is 0 Å². The van der Waals surface area contributed by atoms with Crippen molar-refractivity contribution in [2.75, 3.05) is 31.7 Å². The van der Waals surface area contributed by atoms with Crippen molar-refractivity contribution in [3.05, 3.63) is 70.2 Å². The number of fused-ring (bicyclic) bond motifs is 1. The number of benzene rings is 1. The molecule has 1 amide bonds. The fourth-order valence-corrected chi connectivity index (χ4v) is 6.03. The molecule has 2 fully saturated rings. The maximum absolute atomic E-state index is 13.4. The van der Waals surface area contributed by atoms with Crippen LogP contribution in [0.3, 0.4) is 0 Å². The van der Waals surface area contributed by atoms with Crippen LogP contribution in [0.25, 0.3) is 0 Å². The first-order chi connectivity index (χ1) is 17.4. The number of rotatable bonds is 9. The molecular weight excluding hydrogens is 498 g/mol. The largest absolute Gasteiger partial charge is 0.454 e. The van der Waals surface area contributed by atoms with Crippen molar-refractivity contribution < 1.29 is 19.4 Å². The molecule has 2 aromatic rings. The fraction of sp³-hybridized carbons (Fsp3) is 0.407. The van der Waals surface area contributed by atoms with Gasteiger partial charge < -0.3 is 19.9 Å². The highest BCUT2D eigenvalue weighted by Crippen LogP contribution is 2.51. The molecule has 2 atom stereocenters. The molecule has 2 aliphatic heterocycles. The summed E-state index contributed by atoms with van der Waals surface area (Å²) in [5.74, 6) is 1.29. The van der Waals surface area contributed by atoms with Gasteiger partial charge in [-0.3, -0.25) is 9.69 Å². The maximum atomic E-state index is 13.4. The van der Waals surface area contributed by atoms with E-state index in [9.17, 15) is 9.90 Å². The van der Waals surface area contributed by atoms with Gasteiger partial charge >= 0.3 is 0 Å². The molecule has 3 heterocycles. The number of amides is 1. The molecule has 1 aromatic carbocycles. The number of hydrogen-bond acceptors (Lipinski definition) is 7. The lowest BCUT2D eigenvalue weighted by Gasteiger charge is -2.24. The van der Waals surface area contributed by atoms with E-state index in [0.29, 0.717) is 34.8 Å². The van der Waals surface area contributed by atoms with Crippen LogP contribution in [0.15, 0.2) is 59.8 Å². The molecule has 1 aliphatic carbocycles. The van der Waals surface area contributed by atoms with Gasteiger partial charge in [-0.15, -0.1) is 11.3 Å². The standard InChI is InChI=1S/C27H30ClN3O4S/c1-3-4-5-20(17(2)28)21(15-31-11-8-19(32)14-31)24-13-29-26(36-24)30-25(33)27(9-10-27)18-6-7-22-23(12-18)35-16-34-22/h3-7,12-13,19,21,32H,1,8-11,14-16H2,2H3,(H,29,30,33)/b5-4-,20-17-. The Labute approximate surface area is 220 Å². The molecule has 5 rings (SSSR count). The number of nitrogens with zero attached hydrogens (tertiary/aromatic N) is 2. The quantitative estimate of drug-likeness (QED) is 0.449. The lowest BCUT2D eigenvalue weighted by molar-refractivity contribution is -0.118. The SMILES string of the molecule is C=C/C=C\C(=C(/C)Cl)C(CN1CCC(O)C1)c1cnc(NC(=O)C2(c3ccc4c(c3)OCO4)CC2)s1. The van der Waals surface area contributed by atoms with Gasteiger partial charge in [0.05, 0.1) is 11.5 Å². The highest BCUT2D eigenvalue weighted by atomic mass is 35.5. The molecule has 7 nitrogen and oxygen atoms in total. The second-order valence-corrected chi connectivity index (χ2v) is 11.1. The zero-order valence-corrected chi connectivity index (χ0v) is 21.8. The van der Waals surface area contributed by atoms with Crippen LogP contribution >= 0.6 is 22.9 Å². The van der Waals surface area contributed by atoms with Crippen LogP contribution in [-0.4, -0.2) is 53.4 Å². The Bertz CT molecular complexity index is 1220. The van der Waals surface area contributed by atoms with Crippen molar-refractivity contribution in [2.24, 2.45) is 0 Å². The number of anilines is 1. The predicted octanol–water partition coefficient (Wildman–Crippen LogP) is 4.95. The van der Waals surface area contributed by atoms with Gasteiger partial charge in [0, 0.05) is 41.7 Å². The normalized spacial score (nSPS) is 21.9. The Morgan fingerprint density at radius 2 is 2.22 bits per heavy atom. The number of carbonyl (C=O) groups excluding carboxylic acids is 1. The molecule has 2 N–H and O–H groups in total. The number of aliphatic hydroxyl groups is 1. The van der Waals surface area contributed by atoms with Crippen LogP contribution in [0.1, 0.15) is 42.5 Å². The summed E-state index contributed by atoms with van der Waals surface area (Å²) in [5, 5.41) is 14.3. The van der Waals surface area contributed by atoms with E-state index in [-0.39, 0.29) is 24.7 Å². The Hall–Kier alpha value is -2.65. The average molecular weight is 528 g/mol. The van der Waals surface area contributed by atoms with Crippen LogP contribution in [-0.2, 0) is 10.2 Å². The fourth-order valence-electron chi connectivity index (χ4n) is 4.91. The summed E-state index contributed by atoms with van der Waals surface area (Å²) in [6.45, 7) is 8.03. The van der Waals surface area contributed by atoms with E-state index < -0.39 is 5.41 Å². The van der Waals surface area contributed by atoms with Crippen LogP contribution < -0.4 is 14.8 Å². The summed E-state index contributed by atoms with van der Waals surface area (Å²) in [6.07, 6.45) is 9.41. The molecule has 0 spiro atoms. The molecule has 1 aromatic heterocycles. The third-order valence-electron chi connectivity index (χ3n) is 7.07. The Balaban J connectivity index is 1.36. The van der Waals surface area contributed by atoms with Crippen LogP contribution in [0.2, 0.25) is 0 Å². The number of likely N-dealkylation sites (tertiary alicyclic amines) is 1. The second-order valence-electron chi connectivity index (χ2n) is 9.51. The summed E-state index contributed by atoms with van der Waals surface area (Å²) in [4.78, 5) is 21.2. The van der Waals surface area contributed by atoms with Gasteiger partial charge in [0.25, 0.3) is 0 Å². The van der Waals surface area contributed by atoms with Gasteiger partial charge in [-0.05, 0) is 49.5 Å². The summed E-state index contributed by atoms with van der Waals surface area (Å²) in [6, 6.07) is 5.72. The van der Waals surface area contributed by atoms with E-state index >= 15 is 0 Å². The third kappa shape index (κ3) is 5.09. The van der Waals surface area contributed by atoms with E-state index in [1.165, 1.54) is 11.3 Å². The van der Waals surface area contributed by atoms with Gasteiger partial charge in [0.1, 0.15) is 0 Å². The number of thiazole rings is 1. The van der Waals surface area contributed by atoms with Gasteiger partial charge in [0.2, 0.25) is 12.7 Å². The number of ether oxygens (including phenoxy) is 2. The maximum Gasteiger partial charge on any atom is 0.236 e. The molecule has 1 saturated heterocycles. The van der Waals surface area contributed by atoms with Crippen molar-refractivity contribution in [1.29, 1.82) is 0 Å². The number of β-amino-alcohol motifs (C(OH)–C–C–N with tert-alkyl or cyclic N) is 1. The third-order valence-corrected chi connectivity index (χ3v) is 8.32. The molecular formula is C27H30ClN3O4S. The summed E-state index contributed by atoms with van der Waals surface area (Å²) >= 11 is 7.99. The molecule has 1 saturated carbocycles. The van der Waals surface area contributed by atoms with Crippen molar-refractivity contribution in [1.82, 2.24) is 9.88 Å². The van der Waals surface area contributed by atoms with Crippen molar-refractivity contribution in [3.8, 4) is 11.5 Å². The topological polar surface area (TPSA) is 83.9 Å². The zero-order chi connectivity index (χ0) is 25.3. The minimum absolute atomic E-state index is 0.0455. The molecule has 0 bridgehead atoms. The number of halogens is 1. The highest BCUT2D eigenvalue weighted by molar-refractivity contribution is 7.15. The predicted molar refractivity (Wildman–Crippen MR) is 142 cm³/mol. The minimum Gasteiger partial charge on any atom is -0.454 e. The van der Waals surface area contributed by atoms with Crippen LogP contribution in [0.4, 0.5) is 5.13 Å². The van der Waals surface area contributed by atoms with Gasteiger partial charge in [-0.1, -0.05) is 42.5 Å². The number of carbonyl (C=O) groups is 1. The molecule has 2 unspecified atom stereocenters. The Morgan fingerprint density at radius 3 is 2.92 bits per heavy atom.